The number of methoxy groups -OCH3 is 3. The summed E-state index contributed by atoms with van der Waals surface area (Å²) >= 11 is 0. The topological polar surface area (TPSA) is 52.4 Å². The van der Waals surface area contributed by atoms with Crippen LogP contribution < -0.4 is 19.1 Å². The molecule has 0 saturated carbocycles. The van der Waals surface area contributed by atoms with E-state index in [9.17, 15) is 4.79 Å². The molecule has 0 aliphatic carbocycles. The molecule has 6 heteroatoms. The van der Waals surface area contributed by atoms with Crippen LogP contribution in [0.4, 0.5) is 0 Å². The number of rotatable bonds is 7. The molecule has 1 saturated heterocycles. The third-order valence-electron chi connectivity index (χ3n) is 5.79. The second kappa shape index (κ2) is 9.85. The molecule has 0 aromatic heterocycles. The highest BCUT2D eigenvalue weighted by molar-refractivity contribution is 5.98. The second-order valence-electron chi connectivity index (χ2n) is 8.00. The lowest BCUT2D eigenvalue weighted by atomic mass is 10.0. The molecule has 6 nitrogen and oxygen atoms in total. The normalized spacial score (nSPS) is 14.7. The summed E-state index contributed by atoms with van der Waals surface area (Å²) in [5.41, 5.74) is 3.21. The van der Waals surface area contributed by atoms with Crippen LogP contribution in [0.3, 0.4) is 0 Å². The van der Waals surface area contributed by atoms with Crippen molar-refractivity contribution in [2.24, 2.45) is 0 Å². The zero-order chi connectivity index (χ0) is 21.7. The number of carbonyl (C=O) groups excluding carboxylic acids is 1. The van der Waals surface area contributed by atoms with E-state index >= 15 is 0 Å². The maximum atomic E-state index is 13.2. The van der Waals surface area contributed by atoms with Crippen molar-refractivity contribution in [3.63, 3.8) is 0 Å². The van der Waals surface area contributed by atoms with E-state index in [1.807, 2.05) is 4.90 Å². The van der Waals surface area contributed by atoms with E-state index < -0.39 is 0 Å². The van der Waals surface area contributed by atoms with Crippen molar-refractivity contribution in [1.82, 2.24) is 4.90 Å². The van der Waals surface area contributed by atoms with E-state index in [2.05, 4.69) is 38.1 Å². The quantitative estimate of drug-likeness (QED) is 0.757. The largest absolute Gasteiger partial charge is 0.493 e. The van der Waals surface area contributed by atoms with Gasteiger partial charge in [0, 0.05) is 5.56 Å². The maximum Gasteiger partial charge on any atom is 0.258 e. The summed E-state index contributed by atoms with van der Waals surface area (Å²) < 4.78 is 16.2. The first-order chi connectivity index (χ1) is 14.5. The van der Waals surface area contributed by atoms with Crippen molar-refractivity contribution < 1.29 is 23.9 Å². The molecule has 162 valence electrons. The summed E-state index contributed by atoms with van der Waals surface area (Å²) in [4.78, 5) is 16.5. The minimum absolute atomic E-state index is 0.0341. The average molecular weight is 414 g/mol. The highest BCUT2D eigenvalue weighted by atomic mass is 16.5. The maximum absolute atomic E-state index is 13.2. The summed E-state index contributed by atoms with van der Waals surface area (Å²) in [6.45, 7) is 8.69. The zero-order valence-electron chi connectivity index (χ0n) is 18.7. The molecule has 1 aliphatic heterocycles. The number of benzene rings is 2. The van der Waals surface area contributed by atoms with Gasteiger partial charge in [0.05, 0.1) is 53.1 Å². The first kappa shape index (κ1) is 22.0. The van der Waals surface area contributed by atoms with E-state index in [4.69, 9.17) is 14.2 Å². The number of hydrogen-bond donors (Lipinski definition) is 1. The smallest absolute Gasteiger partial charge is 0.258 e. The van der Waals surface area contributed by atoms with Crippen molar-refractivity contribution in [3.05, 3.63) is 53.1 Å². The van der Waals surface area contributed by atoms with E-state index in [0.29, 0.717) is 28.7 Å². The second-order valence-corrected chi connectivity index (χ2v) is 8.00. The van der Waals surface area contributed by atoms with Crippen LogP contribution in [-0.4, -0.2) is 58.3 Å². The third kappa shape index (κ3) is 4.70. The van der Waals surface area contributed by atoms with Crippen LogP contribution in [0.2, 0.25) is 0 Å². The predicted octanol–water partition coefficient (Wildman–Crippen LogP) is 2.38. The van der Waals surface area contributed by atoms with Gasteiger partial charge in [-0.25, -0.2) is 0 Å². The van der Waals surface area contributed by atoms with Gasteiger partial charge in [-0.3, -0.25) is 4.79 Å². The number of piperazine rings is 1. The molecule has 1 N–H and O–H groups in total. The Morgan fingerprint density at radius 2 is 1.57 bits per heavy atom. The van der Waals surface area contributed by atoms with Gasteiger partial charge in [0.15, 0.2) is 11.5 Å². The minimum Gasteiger partial charge on any atom is -0.493 e. The molecule has 0 spiro atoms. The lowest BCUT2D eigenvalue weighted by Gasteiger charge is -2.32. The Labute approximate surface area is 179 Å². The highest BCUT2D eigenvalue weighted by Gasteiger charge is 2.28. The van der Waals surface area contributed by atoms with Gasteiger partial charge in [0.2, 0.25) is 5.75 Å². The number of ether oxygens (including phenoxy) is 3. The minimum atomic E-state index is -0.0341. The summed E-state index contributed by atoms with van der Waals surface area (Å²) in [6.07, 6.45) is 0. The van der Waals surface area contributed by atoms with Crippen molar-refractivity contribution in [1.29, 1.82) is 0 Å². The third-order valence-corrected chi connectivity index (χ3v) is 5.79. The molecule has 0 bridgehead atoms. The Kier molecular flexibility index (Phi) is 7.21. The van der Waals surface area contributed by atoms with Gasteiger partial charge in [-0.2, -0.15) is 0 Å². The Hall–Kier alpha value is -2.73. The molecule has 1 amide bonds. The zero-order valence-corrected chi connectivity index (χ0v) is 18.7. The molecule has 2 aromatic rings. The van der Waals surface area contributed by atoms with Gasteiger partial charge in [0.1, 0.15) is 6.54 Å². The summed E-state index contributed by atoms with van der Waals surface area (Å²) in [7, 11) is 4.66. The van der Waals surface area contributed by atoms with Gasteiger partial charge in [0.25, 0.3) is 5.91 Å². The van der Waals surface area contributed by atoms with Gasteiger partial charge >= 0.3 is 0 Å². The Bertz CT molecular complexity index is 856. The van der Waals surface area contributed by atoms with Crippen LogP contribution in [0.1, 0.15) is 41.3 Å². The number of nitrogens with zero attached hydrogens (tertiary/aromatic N) is 1. The first-order valence-electron chi connectivity index (χ1n) is 10.5. The number of hydrogen-bond acceptors (Lipinski definition) is 4. The molecule has 1 aliphatic rings. The van der Waals surface area contributed by atoms with Gasteiger partial charge in [-0.1, -0.05) is 38.1 Å². The van der Waals surface area contributed by atoms with E-state index in [0.717, 1.165) is 32.7 Å². The number of carbonyl (C=O) groups is 1. The van der Waals surface area contributed by atoms with Crippen LogP contribution >= 0.6 is 0 Å². The molecule has 30 heavy (non-hydrogen) atoms. The van der Waals surface area contributed by atoms with Crippen molar-refractivity contribution >= 4 is 5.91 Å². The monoisotopic (exact) mass is 413 g/mol. The number of quaternary nitrogens is 1. The van der Waals surface area contributed by atoms with Crippen LogP contribution in [0, 0.1) is 0 Å². The molecule has 0 unspecified atom stereocenters. The molecule has 0 radical (unpaired) electrons. The van der Waals surface area contributed by atoms with Crippen LogP contribution in [0.25, 0.3) is 0 Å². The fraction of sp³-hybridized carbons (Fsp3) is 0.458. The van der Waals surface area contributed by atoms with Crippen LogP contribution in [-0.2, 0) is 6.54 Å². The SMILES string of the molecule is COc1ccc(C(=O)N2CC[NH+](Cc3ccc(C(C)C)cc3)CC2)c(OC)c1OC. The fourth-order valence-corrected chi connectivity index (χ4v) is 3.95. The van der Waals surface area contributed by atoms with E-state index in [-0.39, 0.29) is 5.91 Å². The van der Waals surface area contributed by atoms with Crippen molar-refractivity contribution in [3.8, 4) is 17.2 Å². The fourth-order valence-electron chi connectivity index (χ4n) is 3.95. The Morgan fingerprint density at radius 1 is 0.933 bits per heavy atom. The number of nitrogens with one attached hydrogen (secondary N) is 1. The van der Waals surface area contributed by atoms with Crippen molar-refractivity contribution in [2.45, 2.75) is 26.3 Å². The summed E-state index contributed by atoms with van der Waals surface area (Å²) in [5.74, 6) is 1.92. The average Bonchev–Trinajstić information content (AvgIpc) is 2.78. The Balaban J connectivity index is 1.64. The molecule has 2 aromatic carbocycles. The lowest BCUT2D eigenvalue weighted by Crippen LogP contribution is -3.13. The molecule has 1 heterocycles. The first-order valence-corrected chi connectivity index (χ1v) is 10.5. The highest BCUT2D eigenvalue weighted by Crippen LogP contribution is 2.40. The standard InChI is InChI=1S/C24H32N2O4/c1-17(2)19-8-6-18(7-9-19)16-25-12-14-26(15-13-25)24(27)20-10-11-21(28-3)23(30-5)22(20)29-4/h6-11,17H,12-16H2,1-5H3/p+1. The van der Waals surface area contributed by atoms with E-state index in [1.165, 1.54) is 16.0 Å². The summed E-state index contributed by atoms with van der Waals surface area (Å²) in [6, 6.07) is 12.4. The molecule has 1 fully saturated rings. The predicted molar refractivity (Wildman–Crippen MR) is 117 cm³/mol. The van der Waals surface area contributed by atoms with E-state index in [1.54, 1.807) is 33.5 Å². The van der Waals surface area contributed by atoms with Crippen LogP contribution in [0.15, 0.2) is 36.4 Å². The number of amides is 1. The molecular weight excluding hydrogens is 380 g/mol. The lowest BCUT2D eigenvalue weighted by molar-refractivity contribution is -0.917. The van der Waals surface area contributed by atoms with Gasteiger partial charge in [-0.15, -0.1) is 0 Å². The molecule has 3 rings (SSSR count). The summed E-state index contributed by atoms with van der Waals surface area (Å²) in [5, 5.41) is 0. The molecular formula is C24H33N2O4+. The van der Waals surface area contributed by atoms with Crippen LogP contribution in [0.5, 0.6) is 17.2 Å². The Morgan fingerprint density at radius 3 is 2.10 bits per heavy atom. The molecule has 0 atom stereocenters. The van der Waals surface area contributed by atoms with Gasteiger partial charge < -0.3 is 24.0 Å². The van der Waals surface area contributed by atoms with Crippen molar-refractivity contribution in [2.75, 3.05) is 47.5 Å². The van der Waals surface area contributed by atoms with Gasteiger partial charge in [-0.05, 0) is 23.6 Å².